The molecule has 1 aliphatic rings. The Balaban J connectivity index is 2.24. The van der Waals surface area contributed by atoms with Crippen molar-refractivity contribution in [3.05, 3.63) is 12.3 Å². The van der Waals surface area contributed by atoms with E-state index in [9.17, 15) is 14.7 Å². The van der Waals surface area contributed by atoms with Crippen LogP contribution in [0.15, 0.2) is 12.3 Å². The summed E-state index contributed by atoms with van der Waals surface area (Å²) in [5.74, 6) is -0.783. The van der Waals surface area contributed by atoms with Crippen LogP contribution >= 0.6 is 0 Å². The van der Waals surface area contributed by atoms with Crippen LogP contribution in [0.4, 0.5) is 0 Å². The zero-order chi connectivity index (χ0) is 15.1. The zero-order valence-corrected chi connectivity index (χ0v) is 12.3. The Morgan fingerprint density at radius 1 is 1.25 bits per heavy atom. The highest BCUT2D eigenvalue weighted by atomic mass is 16.3. The SMILES string of the molecule is C[C@H](C(=O)CCCC[C@@H](O)[C@@H](C)O)C(=O)N1C=CCC1. The molecule has 2 N–H and O–H groups in total. The number of aliphatic hydroxyl groups is 2. The normalized spacial score (nSPS) is 18.9. The molecule has 0 aromatic carbocycles. The maximum absolute atomic E-state index is 12.0. The molecule has 1 rings (SSSR count). The van der Waals surface area contributed by atoms with E-state index in [1.54, 1.807) is 24.9 Å². The van der Waals surface area contributed by atoms with Crippen molar-refractivity contribution < 1.29 is 19.8 Å². The van der Waals surface area contributed by atoms with Crippen LogP contribution in [0, 0.1) is 5.92 Å². The van der Waals surface area contributed by atoms with E-state index in [-0.39, 0.29) is 11.7 Å². The van der Waals surface area contributed by atoms with Gasteiger partial charge < -0.3 is 15.1 Å². The van der Waals surface area contributed by atoms with E-state index >= 15 is 0 Å². The number of Topliss-reactive ketones (excluding diaryl/α,β-unsaturated/α-hetero) is 1. The van der Waals surface area contributed by atoms with Gasteiger partial charge in [-0.15, -0.1) is 0 Å². The second-order valence-electron chi connectivity index (χ2n) is 5.45. The van der Waals surface area contributed by atoms with E-state index in [1.807, 2.05) is 6.08 Å². The topological polar surface area (TPSA) is 77.8 Å². The Hall–Kier alpha value is -1.20. The Morgan fingerprint density at radius 2 is 1.95 bits per heavy atom. The molecule has 0 fully saturated rings. The summed E-state index contributed by atoms with van der Waals surface area (Å²) in [5.41, 5.74) is 0. The van der Waals surface area contributed by atoms with Crippen LogP contribution in [0.1, 0.15) is 46.0 Å². The fourth-order valence-corrected chi connectivity index (χ4v) is 2.17. The molecule has 0 unspecified atom stereocenters. The number of amides is 1. The van der Waals surface area contributed by atoms with Crippen LogP contribution in [-0.4, -0.2) is 45.6 Å². The Bertz CT molecular complexity index is 365. The number of rotatable bonds is 8. The molecule has 1 amide bonds. The van der Waals surface area contributed by atoms with Crippen molar-refractivity contribution >= 4 is 11.7 Å². The van der Waals surface area contributed by atoms with Crippen LogP contribution in [0.5, 0.6) is 0 Å². The van der Waals surface area contributed by atoms with Gasteiger partial charge in [0.05, 0.1) is 18.1 Å². The van der Waals surface area contributed by atoms with Crippen molar-refractivity contribution in [2.24, 2.45) is 5.92 Å². The molecular formula is C15H25NO4. The average Bonchev–Trinajstić information content (AvgIpc) is 2.95. The lowest BCUT2D eigenvalue weighted by molar-refractivity contribution is -0.138. The first-order chi connectivity index (χ1) is 9.43. The molecule has 0 spiro atoms. The van der Waals surface area contributed by atoms with Gasteiger partial charge in [0.15, 0.2) is 0 Å². The summed E-state index contributed by atoms with van der Waals surface area (Å²) < 4.78 is 0. The lowest BCUT2D eigenvalue weighted by Gasteiger charge is -2.18. The van der Waals surface area contributed by atoms with E-state index in [1.165, 1.54) is 0 Å². The second kappa shape index (κ2) is 8.17. The first kappa shape index (κ1) is 16.9. The first-order valence-corrected chi connectivity index (χ1v) is 7.29. The average molecular weight is 283 g/mol. The van der Waals surface area contributed by atoms with E-state index < -0.39 is 18.1 Å². The highest BCUT2D eigenvalue weighted by Crippen LogP contribution is 2.14. The first-order valence-electron chi connectivity index (χ1n) is 7.29. The summed E-state index contributed by atoms with van der Waals surface area (Å²) in [6, 6.07) is 0. The van der Waals surface area contributed by atoms with Gasteiger partial charge in [-0.2, -0.15) is 0 Å². The molecule has 114 valence electrons. The van der Waals surface area contributed by atoms with E-state index in [4.69, 9.17) is 5.11 Å². The second-order valence-corrected chi connectivity index (χ2v) is 5.45. The molecule has 0 bridgehead atoms. The molecule has 0 aromatic heterocycles. The van der Waals surface area contributed by atoms with Gasteiger partial charge in [-0.25, -0.2) is 0 Å². The molecule has 0 aromatic rings. The van der Waals surface area contributed by atoms with Crippen LogP contribution in [-0.2, 0) is 9.59 Å². The molecule has 0 saturated carbocycles. The molecular weight excluding hydrogens is 258 g/mol. The number of aliphatic hydroxyl groups excluding tert-OH is 2. The fraction of sp³-hybridized carbons (Fsp3) is 0.733. The predicted molar refractivity (Wildman–Crippen MR) is 75.8 cm³/mol. The third-order valence-corrected chi connectivity index (χ3v) is 3.69. The Morgan fingerprint density at radius 3 is 2.50 bits per heavy atom. The number of unbranched alkanes of at least 4 members (excludes halogenated alkanes) is 1. The zero-order valence-electron chi connectivity index (χ0n) is 12.3. The van der Waals surface area contributed by atoms with Gasteiger partial charge in [-0.05, 0) is 33.1 Å². The van der Waals surface area contributed by atoms with E-state index in [0.29, 0.717) is 32.2 Å². The molecule has 0 radical (unpaired) electrons. The van der Waals surface area contributed by atoms with Gasteiger partial charge in [-0.3, -0.25) is 9.59 Å². The minimum atomic E-state index is -0.742. The minimum absolute atomic E-state index is 0.0539. The maximum atomic E-state index is 12.0. The van der Waals surface area contributed by atoms with Crippen molar-refractivity contribution in [2.45, 2.75) is 58.2 Å². The molecule has 1 heterocycles. The van der Waals surface area contributed by atoms with Gasteiger partial charge in [-0.1, -0.05) is 12.5 Å². The van der Waals surface area contributed by atoms with Crippen LogP contribution in [0.3, 0.4) is 0 Å². The van der Waals surface area contributed by atoms with Crippen molar-refractivity contribution in [2.75, 3.05) is 6.54 Å². The minimum Gasteiger partial charge on any atom is -0.391 e. The quantitative estimate of drug-likeness (QED) is 0.519. The number of ketones is 1. The highest BCUT2D eigenvalue weighted by Gasteiger charge is 2.25. The van der Waals surface area contributed by atoms with Crippen molar-refractivity contribution in [1.82, 2.24) is 4.90 Å². The third-order valence-electron chi connectivity index (χ3n) is 3.69. The highest BCUT2D eigenvalue weighted by molar-refractivity contribution is 6.01. The summed E-state index contributed by atoms with van der Waals surface area (Å²) in [7, 11) is 0. The predicted octanol–water partition coefficient (Wildman–Crippen LogP) is 1.24. The van der Waals surface area contributed by atoms with Gasteiger partial charge in [0.25, 0.3) is 0 Å². The Kier molecular flexibility index (Phi) is 6.88. The van der Waals surface area contributed by atoms with Gasteiger partial charge >= 0.3 is 0 Å². The number of hydrogen-bond donors (Lipinski definition) is 2. The Labute approximate surface area is 120 Å². The van der Waals surface area contributed by atoms with Crippen LogP contribution in [0.25, 0.3) is 0 Å². The van der Waals surface area contributed by atoms with Gasteiger partial charge in [0.2, 0.25) is 5.91 Å². The summed E-state index contributed by atoms with van der Waals surface area (Å²) in [5, 5.41) is 18.6. The summed E-state index contributed by atoms with van der Waals surface area (Å²) in [6.07, 6.45) is 5.16. The number of carbonyl (C=O) groups is 2. The summed E-state index contributed by atoms with van der Waals surface area (Å²) in [6.45, 7) is 3.86. The van der Waals surface area contributed by atoms with E-state index in [2.05, 4.69) is 0 Å². The van der Waals surface area contributed by atoms with E-state index in [0.717, 1.165) is 6.42 Å². The third kappa shape index (κ3) is 5.06. The number of nitrogens with zero attached hydrogens (tertiary/aromatic N) is 1. The smallest absolute Gasteiger partial charge is 0.236 e. The van der Waals surface area contributed by atoms with Crippen molar-refractivity contribution in [3.63, 3.8) is 0 Å². The van der Waals surface area contributed by atoms with Crippen molar-refractivity contribution in [1.29, 1.82) is 0 Å². The lowest BCUT2D eigenvalue weighted by atomic mass is 9.98. The largest absolute Gasteiger partial charge is 0.391 e. The van der Waals surface area contributed by atoms with Gasteiger partial charge in [0.1, 0.15) is 5.78 Å². The fourth-order valence-electron chi connectivity index (χ4n) is 2.17. The molecule has 1 aliphatic heterocycles. The molecule has 0 aliphatic carbocycles. The maximum Gasteiger partial charge on any atom is 0.236 e. The monoisotopic (exact) mass is 283 g/mol. The number of hydrogen-bond acceptors (Lipinski definition) is 4. The lowest BCUT2D eigenvalue weighted by Crippen LogP contribution is -2.33. The van der Waals surface area contributed by atoms with Crippen LogP contribution < -0.4 is 0 Å². The molecule has 20 heavy (non-hydrogen) atoms. The summed E-state index contributed by atoms with van der Waals surface area (Å²) >= 11 is 0. The summed E-state index contributed by atoms with van der Waals surface area (Å²) in [4.78, 5) is 25.5. The molecule has 5 heteroatoms. The molecule has 5 nitrogen and oxygen atoms in total. The van der Waals surface area contributed by atoms with Crippen LogP contribution in [0.2, 0.25) is 0 Å². The standard InChI is InChI=1S/C15H25NO4/c1-11(15(20)16-9-5-6-10-16)13(18)7-3-4-8-14(19)12(2)17/h5,9,11-12,14,17,19H,3-4,6-8,10H2,1-2H3/t11-,12-,14-/m1/s1. The molecule has 3 atom stereocenters. The van der Waals surface area contributed by atoms with Crippen molar-refractivity contribution in [3.8, 4) is 0 Å². The molecule has 0 saturated heterocycles. The van der Waals surface area contributed by atoms with Gasteiger partial charge in [0, 0.05) is 19.2 Å². The number of carbonyl (C=O) groups excluding carboxylic acids is 2.